The van der Waals surface area contributed by atoms with Crippen LogP contribution in [0.1, 0.15) is 38.7 Å². The Bertz CT molecular complexity index is 544. The molecule has 5 nitrogen and oxygen atoms in total. The summed E-state index contributed by atoms with van der Waals surface area (Å²) in [4.78, 5) is 7.24. The number of likely N-dealkylation sites (N-methyl/N-ethyl adjacent to an activating group) is 1. The molecule has 0 radical (unpaired) electrons. The molecule has 154 valence electrons. The number of guanidine groups is 1. The van der Waals surface area contributed by atoms with E-state index in [2.05, 4.69) is 73.8 Å². The van der Waals surface area contributed by atoms with Crippen LogP contribution in [0.2, 0.25) is 0 Å². The molecule has 1 aliphatic heterocycles. The number of hydrogen-bond acceptors (Lipinski definition) is 3. The lowest BCUT2D eigenvalue weighted by Gasteiger charge is -2.41. The van der Waals surface area contributed by atoms with Crippen molar-refractivity contribution in [2.24, 2.45) is 4.99 Å². The van der Waals surface area contributed by atoms with E-state index in [0.29, 0.717) is 6.04 Å². The minimum atomic E-state index is 0. The average Bonchev–Trinajstić information content (AvgIpc) is 2.66. The highest BCUT2D eigenvalue weighted by Gasteiger charge is 2.34. The van der Waals surface area contributed by atoms with Crippen LogP contribution in [0.4, 0.5) is 0 Å². The Labute approximate surface area is 182 Å². The fraction of sp³-hybridized carbons (Fsp3) is 0.667. The second-order valence-electron chi connectivity index (χ2n) is 7.50. The average molecular weight is 488 g/mol. The van der Waals surface area contributed by atoms with E-state index in [-0.39, 0.29) is 29.5 Å². The number of nitrogens with one attached hydrogen (secondary N) is 2. The van der Waals surface area contributed by atoms with Gasteiger partial charge in [0.1, 0.15) is 0 Å². The summed E-state index contributed by atoms with van der Waals surface area (Å²) in [7, 11) is 4.31. The van der Waals surface area contributed by atoms with Crippen LogP contribution in [0.5, 0.6) is 0 Å². The van der Waals surface area contributed by atoms with E-state index in [9.17, 15) is 0 Å². The van der Waals surface area contributed by atoms with Gasteiger partial charge in [0.2, 0.25) is 0 Å². The summed E-state index contributed by atoms with van der Waals surface area (Å²) >= 11 is 0. The van der Waals surface area contributed by atoms with Crippen molar-refractivity contribution in [3.63, 3.8) is 0 Å². The largest absolute Gasteiger partial charge is 0.381 e. The smallest absolute Gasteiger partial charge is 0.191 e. The summed E-state index contributed by atoms with van der Waals surface area (Å²) < 4.78 is 5.56. The SMILES string of the molecule is CCNC(=NCC1(N(C)C)CCOCC1)NC(C)CCc1ccccc1.I. The minimum absolute atomic E-state index is 0. The molecule has 1 aromatic carbocycles. The van der Waals surface area contributed by atoms with Gasteiger partial charge in [0.05, 0.1) is 6.54 Å². The highest BCUT2D eigenvalue weighted by atomic mass is 127. The van der Waals surface area contributed by atoms with Crippen molar-refractivity contribution in [2.45, 2.75) is 51.1 Å². The monoisotopic (exact) mass is 488 g/mol. The third-order valence-corrected chi connectivity index (χ3v) is 5.34. The first-order valence-electron chi connectivity index (χ1n) is 9.90. The third kappa shape index (κ3) is 7.95. The van der Waals surface area contributed by atoms with Crippen molar-refractivity contribution in [3.8, 4) is 0 Å². The van der Waals surface area contributed by atoms with E-state index in [1.165, 1.54) is 5.56 Å². The van der Waals surface area contributed by atoms with Gasteiger partial charge < -0.3 is 20.3 Å². The molecule has 27 heavy (non-hydrogen) atoms. The Balaban J connectivity index is 0.00000364. The first-order valence-corrected chi connectivity index (χ1v) is 9.90. The van der Waals surface area contributed by atoms with Crippen LogP contribution < -0.4 is 10.6 Å². The van der Waals surface area contributed by atoms with Crippen molar-refractivity contribution in [3.05, 3.63) is 35.9 Å². The number of halogens is 1. The lowest BCUT2D eigenvalue weighted by Crippen LogP contribution is -2.52. The molecule has 0 saturated carbocycles. The molecular formula is C21H37IN4O. The number of ether oxygens (including phenoxy) is 1. The molecule has 0 aliphatic carbocycles. The summed E-state index contributed by atoms with van der Waals surface area (Å²) in [5.41, 5.74) is 1.49. The Morgan fingerprint density at radius 2 is 1.89 bits per heavy atom. The standard InChI is InChI=1S/C21H36N4O.HI/c1-5-22-20(23-17-21(25(3)4)13-15-26-16-14-21)24-18(2)11-12-19-9-7-6-8-10-19;/h6-10,18H,5,11-17H2,1-4H3,(H2,22,23,24);1H. The van der Waals surface area contributed by atoms with Gasteiger partial charge in [-0.25, -0.2) is 0 Å². The molecule has 1 atom stereocenters. The fourth-order valence-corrected chi connectivity index (χ4v) is 3.38. The van der Waals surface area contributed by atoms with Gasteiger partial charge in [-0.15, -0.1) is 24.0 Å². The van der Waals surface area contributed by atoms with Crippen LogP contribution in [0.15, 0.2) is 35.3 Å². The molecular weight excluding hydrogens is 451 g/mol. The maximum atomic E-state index is 5.56. The van der Waals surface area contributed by atoms with Gasteiger partial charge in [-0.2, -0.15) is 0 Å². The Morgan fingerprint density at radius 3 is 2.48 bits per heavy atom. The lowest BCUT2D eigenvalue weighted by molar-refractivity contribution is -0.00255. The molecule has 0 aromatic heterocycles. The number of aliphatic imine (C=N–C) groups is 1. The van der Waals surface area contributed by atoms with Gasteiger partial charge in [-0.1, -0.05) is 30.3 Å². The highest BCUT2D eigenvalue weighted by molar-refractivity contribution is 14.0. The summed E-state index contributed by atoms with van der Waals surface area (Å²) in [6.45, 7) is 7.66. The van der Waals surface area contributed by atoms with Crippen molar-refractivity contribution in [2.75, 3.05) is 40.4 Å². The Kier molecular flexibility index (Phi) is 11.3. The van der Waals surface area contributed by atoms with Gasteiger partial charge in [0, 0.05) is 31.3 Å². The number of benzene rings is 1. The van der Waals surface area contributed by atoms with Crippen molar-refractivity contribution < 1.29 is 4.74 Å². The Hall–Kier alpha value is -0.860. The van der Waals surface area contributed by atoms with Gasteiger partial charge in [-0.05, 0) is 59.2 Å². The quantitative estimate of drug-likeness (QED) is 0.335. The molecule has 1 aliphatic rings. The van der Waals surface area contributed by atoms with E-state index in [4.69, 9.17) is 9.73 Å². The van der Waals surface area contributed by atoms with Crippen LogP contribution in [0.25, 0.3) is 0 Å². The molecule has 2 N–H and O–H groups in total. The molecule has 0 amide bonds. The summed E-state index contributed by atoms with van der Waals surface area (Å²) in [6.07, 6.45) is 4.23. The molecule has 1 unspecified atom stereocenters. The molecule has 0 spiro atoms. The number of nitrogens with zero attached hydrogens (tertiary/aromatic N) is 2. The lowest BCUT2D eigenvalue weighted by atomic mass is 9.89. The number of aryl methyl sites for hydroxylation is 1. The first kappa shape index (κ1) is 24.2. The molecule has 1 fully saturated rings. The van der Waals surface area contributed by atoms with Crippen LogP contribution in [-0.4, -0.2) is 62.8 Å². The number of hydrogen-bond donors (Lipinski definition) is 2. The minimum Gasteiger partial charge on any atom is -0.381 e. The zero-order valence-corrected chi connectivity index (χ0v) is 19.7. The molecule has 1 saturated heterocycles. The zero-order chi connectivity index (χ0) is 18.8. The molecule has 2 rings (SSSR count). The fourth-order valence-electron chi connectivity index (χ4n) is 3.38. The molecule has 0 bridgehead atoms. The van der Waals surface area contributed by atoms with E-state index in [1.807, 2.05) is 0 Å². The topological polar surface area (TPSA) is 48.9 Å². The number of rotatable bonds is 8. The normalized spacial score (nSPS) is 17.9. The first-order chi connectivity index (χ1) is 12.6. The van der Waals surface area contributed by atoms with Crippen molar-refractivity contribution in [1.82, 2.24) is 15.5 Å². The summed E-state index contributed by atoms with van der Waals surface area (Å²) in [6, 6.07) is 11.0. The summed E-state index contributed by atoms with van der Waals surface area (Å²) in [5, 5.41) is 6.97. The zero-order valence-electron chi connectivity index (χ0n) is 17.3. The second-order valence-corrected chi connectivity index (χ2v) is 7.50. The second kappa shape index (κ2) is 12.6. The van der Waals surface area contributed by atoms with Crippen molar-refractivity contribution in [1.29, 1.82) is 0 Å². The maximum Gasteiger partial charge on any atom is 0.191 e. The van der Waals surface area contributed by atoms with Gasteiger partial charge in [-0.3, -0.25) is 4.99 Å². The third-order valence-electron chi connectivity index (χ3n) is 5.34. The van der Waals surface area contributed by atoms with Crippen LogP contribution >= 0.6 is 24.0 Å². The van der Waals surface area contributed by atoms with E-state index >= 15 is 0 Å². The predicted octanol–water partition coefficient (Wildman–Crippen LogP) is 3.29. The highest BCUT2D eigenvalue weighted by Crippen LogP contribution is 2.26. The van der Waals surface area contributed by atoms with E-state index < -0.39 is 0 Å². The molecule has 1 aromatic rings. The Morgan fingerprint density at radius 1 is 1.22 bits per heavy atom. The molecule has 6 heteroatoms. The van der Waals surface area contributed by atoms with Gasteiger partial charge in [0.15, 0.2) is 5.96 Å². The molecule has 1 heterocycles. The van der Waals surface area contributed by atoms with Gasteiger partial charge in [0.25, 0.3) is 0 Å². The maximum absolute atomic E-state index is 5.56. The van der Waals surface area contributed by atoms with Crippen molar-refractivity contribution >= 4 is 29.9 Å². The van der Waals surface area contributed by atoms with E-state index in [1.54, 1.807) is 0 Å². The van der Waals surface area contributed by atoms with Crippen LogP contribution in [0.3, 0.4) is 0 Å². The van der Waals surface area contributed by atoms with Crippen LogP contribution in [0, 0.1) is 0 Å². The summed E-state index contributed by atoms with van der Waals surface area (Å²) in [5.74, 6) is 0.917. The van der Waals surface area contributed by atoms with E-state index in [0.717, 1.165) is 57.9 Å². The predicted molar refractivity (Wildman–Crippen MR) is 125 cm³/mol. The van der Waals surface area contributed by atoms with Crippen LogP contribution in [-0.2, 0) is 11.2 Å². The van der Waals surface area contributed by atoms with Gasteiger partial charge >= 0.3 is 0 Å².